The summed E-state index contributed by atoms with van der Waals surface area (Å²) in [5.74, 6) is -1.58. The van der Waals surface area contributed by atoms with Crippen molar-refractivity contribution >= 4 is 39.1 Å². The van der Waals surface area contributed by atoms with Gasteiger partial charge in [0.25, 0.3) is 17.7 Å². The van der Waals surface area contributed by atoms with Crippen LogP contribution in [-0.4, -0.2) is 50.1 Å². The van der Waals surface area contributed by atoms with Crippen LogP contribution in [0.5, 0.6) is 0 Å². The third-order valence-electron chi connectivity index (χ3n) is 4.29. The largest absolute Gasteiger partial charge is 0.342 e. The van der Waals surface area contributed by atoms with Crippen LogP contribution in [0.3, 0.4) is 0 Å². The number of nitrogens with one attached hydrogen (secondary N) is 3. The summed E-state index contributed by atoms with van der Waals surface area (Å²) in [6, 6.07) is 8.85. The fourth-order valence-corrected chi connectivity index (χ4v) is 4.91. The number of hydrogen-bond acceptors (Lipinski definition) is 6. The molecule has 2 aromatic rings. The van der Waals surface area contributed by atoms with Crippen LogP contribution in [0, 0.1) is 0 Å². The molecular weight excluding hydrogens is 416 g/mol. The lowest BCUT2D eigenvalue weighted by atomic mass is 10.2. The number of thiophene rings is 1. The highest BCUT2D eigenvalue weighted by atomic mass is 32.2. The van der Waals surface area contributed by atoms with Crippen LogP contribution < -0.4 is 16.2 Å². The van der Waals surface area contributed by atoms with Crippen molar-refractivity contribution in [3.05, 3.63) is 52.2 Å². The van der Waals surface area contributed by atoms with Crippen molar-refractivity contribution in [3.63, 3.8) is 0 Å². The second-order valence-corrected chi connectivity index (χ2v) is 9.18. The molecule has 3 rings (SSSR count). The Bertz CT molecular complexity index is 982. The van der Waals surface area contributed by atoms with Crippen molar-refractivity contribution in [1.82, 2.24) is 20.5 Å². The van der Waals surface area contributed by atoms with Gasteiger partial charge >= 0.3 is 0 Å². The molecule has 1 saturated heterocycles. The summed E-state index contributed by atoms with van der Waals surface area (Å²) in [7, 11) is -3.55. The molecule has 1 aromatic carbocycles. The van der Waals surface area contributed by atoms with Gasteiger partial charge in [0, 0.05) is 18.7 Å². The van der Waals surface area contributed by atoms with Gasteiger partial charge in [0.15, 0.2) is 0 Å². The highest BCUT2D eigenvalue weighted by molar-refractivity contribution is 7.89. The van der Waals surface area contributed by atoms with E-state index < -0.39 is 21.8 Å². The lowest BCUT2D eigenvalue weighted by molar-refractivity contribution is -0.120. The molecule has 0 aliphatic carbocycles. The lowest BCUT2D eigenvalue weighted by Gasteiger charge is -2.15. The van der Waals surface area contributed by atoms with E-state index in [4.69, 9.17) is 0 Å². The Labute approximate surface area is 172 Å². The van der Waals surface area contributed by atoms with Gasteiger partial charge in [-0.1, -0.05) is 6.07 Å². The van der Waals surface area contributed by atoms with E-state index in [-0.39, 0.29) is 22.9 Å². The third kappa shape index (κ3) is 5.19. The first-order valence-electron chi connectivity index (χ1n) is 8.89. The Morgan fingerprint density at radius 1 is 0.966 bits per heavy atom. The number of nitrogens with zero attached hydrogens (tertiary/aromatic N) is 1. The zero-order valence-electron chi connectivity index (χ0n) is 15.4. The highest BCUT2D eigenvalue weighted by Crippen LogP contribution is 2.21. The maximum absolute atomic E-state index is 12.5. The first kappa shape index (κ1) is 21.0. The molecule has 1 aliphatic rings. The van der Waals surface area contributed by atoms with Gasteiger partial charge in [-0.2, -0.15) is 4.31 Å². The molecule has 0 bridgehead atoms. The summed E-state index contributed by atoms with van der Waals surface area (Å²) in [5, 5.41) is 4.18. The lowest BCUT2D eigenvalue weighted by Crippen LogP contribution is -2.46. The molecule has 0 unspecified atom stereocenters. The molecule has 0 saturated carbocycles. The molecule has 154 valence electrons. The average molecular weight is 437 g/mol. The van der Waals surface area contributed by atoms with E-state index in [1.165, 1.54) is 39.9 Å². The van der Waals surface area contributed by atoms with E-state index in [0.717, 1.165) is 12.8 Å². The minimum absolute atomic E-state index is 0.122. The van der Waals surface area contributed by atoms with Crippen LogP contribution in [0.4, 0.5) is 0 Å². The van der Waals surface area contributed by atoms with E-state index in [2.05, 4.69) is 16.2 Å². The maximum atomic E-state index is 12.5. The maximum Gasteiger partial charge on any atom is 0.269 e. The van der Waals surface area contributed by atoms with Crippen LogP contribution in [0.2, 0.25) is 0 Å². The van der Waals surface area contributed by atoms with Gasteiger partial charge in [-0.3, -0.25) is 25.2 Å². The fourth-order valence-electron chi connectivity index (χ4n) is 2.75. The van der Waals surface area contributed by atoms with Gasteiger partial charge in [0.2, 0.25) is 10.0 Å². The number of amides is 3. The molecule has 0 radical (unpaired) electrons. The topological polar surface area (TPSA) is 125 Å². The standard InChI is InChI=1S/C18H20N4O5S2/c23-16(12-19-18(25)15-4-3-11-28-15)20-21-17(24)13-5-7-14(8-6-13)29(26,27)22-9-1-2-10-22/h3-8,11H,1-2,9-10,12H2,(H,19,25)(H,20,23)(H,21,24). The van der Waals surface area contributed by atoms with Gasteiger partial charge < -0.3 is 5.32 Å². The summed E-state index contributed by atoms with van der Waals surface area (Å²) >= 11 is 1.25. The van der Waals surface area contributed by atoms with E-state index in [1.807, 2.05) is 0 Å². The molecule has 1 aliphatic heterocycles. The highest BCUT2D eigenvalue weighted by Gasteiger charge is 2.27. The summed E-state index contributed by atoms with van der Waals surface area (Å²) in [6.07, 6.45) is 1.68. The molecule has 0 spiro atoms. The van der Waals surface area contributed by atoms with Crippen LogP contribution in [0.25, 0.3) is 0 Å². The van der Waals surface area contributed by atoms with Crippen molar-refractivity contribution in [1.29, 1.82) is 0 Å². The van der Waals surface area contributed by atoms with Gasteiger partial charge in [-0.25, -0.2) is 8.42 Å². The first-order chi connectivity index (χ1) is 13.9. The second-order valence-electron chi connectivity index (χ2n) is 6.30. The van der Waals surface area contributed by atoms with Crippen molar-refractivity contribution in [2.24, 2.45) is 0 Å². The Kier molecular flexibility index (Phi) is 6.62. The molecule has 2 heterocycles. The summed E-state index contributed by atoms with van der Waals surface area (Å²) in [5.41, 5.74) is 4.61. The third-order valence-corrected chi connectivity index (χ3v) is 7.07. The predicted octanol–water partition coefficient (Wildman–Crippen LogP) is 0.724. The molecule has 11 heteroatoms. The molecule has 1 fully saturated rings. The van der Waals surface area contributed by atoms with Crippen LogP contribution in [-0.2, 0) is 14.8 Å². The van der Waals surface area contributed by atoms with E-state index in [9.17, 15) is 22.8 Å². The Balaban J connectivity index is 1.49. The van der Waals surface area contributed by atoms with E-state index >= 15 is 0 Å². The Morgan fingerprint density at radius 3 is 2.28 bits per heavy atom. The Hall–Kier alpha value is -2.76. The summed E-state index contributed by atoms with van der Waals surface area (Å²) in [6.45, 7) is 0.698. The van der Waals surface area contributed by atoms with Crippen molar-refractivity contribution < 1.29 is 22.8 Å². The van der Waals surface area contributed by atoms with Crippen molar-refractivity contribution in [3.8, 4) is 0 Å². The zero-order chi connectivity index (χ0) is 20.9. The SMILES string of the molecule is O=C(CNC(=O)c1cccs1)NNC(=O)c1ccc(S(=O)(=O)N2CCCC2)cc1. The van der Waals surface area contributed by atoms with Crippen LogP contribution in [0.15, 0.2) is 46.7 Å². The zero-order valence-corrected chi connectivity index (χ0v) is 17.0. The minimum atomic E-state index is -3.55. The molecular formula is C18H20N4O5S2. The average Bonchev–Trinajstić information content (AvgIpc) is 3.44. The number of hydrogen-bond donors (Lipinski definition) is 3. The molecule has 3 amide bonds. The molecule has 0 atom stereocenters. The molecule has 3 N–H and O–H groups in total. The number of benzene rings is 1. The van der Waals surface area contributed by atoms with E-state index in [1.54, 1.807) is 17.5 Å². The molecule has 29 heavy (non-hydrogen) atoms. The quantitative estimate of drug-likeness (QED) is 0.576. The summed E-state index contributed by atoms with van der Waals surface area (Å²) < 4.78 is 26.4. The molecule has 9 nitrogen and oxygen atoms in total. The fraction of sp³-hybridized carbons (Fsp3) is 0.278. The minimum Gasteiger partial charge on any atom is -0.342 e. The molecule has 1 aromatic heterocycles. The van der Waals surface area contributed by atoms with E-state index in [0.29, 0.717) is 18.0 Å². The number of rotatable bonds is 6. The second kappa shape index (κ2) is 9.16. The smallest absolute Gasteiger partial charge is 0.269 e. The van der Waals surface area contributed by atoms with Gasteiger partial charge in [-0.15, -0.1) is 11.3 Å². The van der Waals surface area contributed by atoms with Gasteiger partial charge in [0.1, 0.15) is 0 Å². The Morgan fingerprint density at radius 2 is 1.66 bits per heavy atom. The number of hydrazine groups is 1. The van der Waals surface area contributed by atoms with Crippen LogP contribution in [0.1, 0.15) is 32.9 Å². The number of carbonyl (C=O) groups is 3. The monoisotopic (exact) mass is 436 g/mol. The van der Waals surface area contributed by atoms with Gasteiger partial charge in [0.05, 0.1) is 16.3 Å². The summed E-state index contributed by atoms with van der Waals surface area (Å²) in [4.78, 5) is 36.2. The first-order valence-corrected chi connectivity index (χ1v) is 11.2. The van der Waals surface area contributed by atoms with Crippen LogP contribution >= 0.6 is 11.3 Å². The number of carbonyl (C=O) groups excluding carboxylic acids is 3. The normalized spacial score (nSPS) is 14.3. The van der Waals surface area contributed by atoms with Gasteiger partial charge in [-0.05, 0) is 48.6 Å². The van der Waals surface area contributed by atoms with Crippen molar-refractivity contribution in [2.75, 3.05) is 19.6 Å². The number of sulfonamides is 1. The van der Waals surface area contributed by atoms with Crippen molar-refractivity contribution in [2.45, 2.75) is 17.7 Å². The predicted molar refractivity (Wildman–Crippen MR) is 107 cm³/mol.